The molecule has 25 heavy (non-hydrogen) atoms. The van der Waals surface area contributed by atoms with E-state index in [-0.39, 0.29) is 11.5 Å². The molecule has 3 rings (SSSR count). The standard InChI is InChI=1S/C18H24N6O/c1-13(16-21-17(22-25-16)18(2,3)4)23-7-9-24(10-8-23)15-11-14(12-19)5-6-20-15/h5-6,11,13H,7-10H2,1-4H3/t13-/m1/s1. The summed E-state index contributed by atoms with van der Waals surface area (Å²) in [5, 5.41) is 13.2. The maximum absolute atomic E-state index is 9.03. The van der Waals surface area contributed by atoms with Crippen LogP contribution in [0.1, 0.15) is 51.0 Å². The van der Waals surface area contributed by atoms with Gasteiger partial charge in [-0.2, -0.15) is 10.2 Å². The molecule has 1 aliphatic rings. The zero-order valence-electron chi connectivity index (χ0n) is 15.2. The number of hydrogen-bond donors (Lipinski definition) is 0. The summed E-state index contributed by atoms with van der Waals surface area (Å²) < 4.78 is 5.48. The first-order valence-electron chi connectivity index (χ1n) is 8.58. The Morgan fingerprint density at radius 2 is 1.96 bits per heavy atom. The van der Waals surface area contributed by atoms with E-state index in [9.17, 15) is 0 Å². The summed E-state index contributed by atoms with van der Waals surface area (Å²) in [6.45, 7) is 11.8. The quantitative estimate of drug-likeness (QED) is 0.849. The molecule has 0 amide bonds. The molecule has 1 aliphatic heterocycles. The van der Waals surface area contributed by atoms with Crippen molar-refractivity contribution in [1.29, 1.82) is 5.26 Å². The molecule has 7 nitrogen and oxygen atoms in total. The summed E-state index contributed by atoms with van der Waals surface area (Å²) in [6.07, 6.45) is 1.69. The fraction of sp³-hybridized carbons (Fsp3) is 0.556. The van der Waals surface area contributed by atoms with Crippen LogP contribution < -0.4 is 4.90 Å². The Bertz CT molecular complexity index is 764. The van der Waals surface area contributed by atoms with Crippen LogP contribution >= 0.6 is 0 Å². The molecule has 0 aliphatic carbocycles. The second-order valence-corrected chi connectivity index (χ2v) is 7.42. The summed E-state index contributed by atoms with van der Waals surface area (Å²) in [5.41, 5.74) is 0.527. The van der Waals surface area contributed by atoms with E-state index in [4.69, 9.17) is 9.78 Å². The molecule has 0 aromatic carbocycles. The van der Waals surface area contributed by atoms with Crippen molar-refractivity contribution in [3.63, 3.8) is 0 Å². The highest BCUT2D eigenvalue weighted by molar-refractivity contribution is 5.45. The van der Waals surface area contributed by atoms with Crippen LogP contribution in [0.25, 0.3) is 0 Å². The molecular formula is C18H24N6O. The number of nitriles is 1. The minimum atomic E-state index is -0.113. The van der Waals surface area contributed by atoms with Gasteiger partial charge in [-0.25, -0.2) is 4.98 Å². The number of pyridine rings is 1. The SMILES string of the molecule is C[C@H](c1nc(C(C)(C)C)no1)N1CCN(c2cc(C#N)ccn2)CC1. The van der Waals surface area contributed by atoms with Gasteiger partial charge in [-0.05, 0) is 19.1 Å². The molecule has 0 spiro atoms. The third-order valence-electron chi connectivity index (χ3n) is 4.53. The van der Waals surface area contributed by atoms with Crippen LogP contribution in [-0.4, -0.2) is 46.2 Å². The largest absolute Gasteiger partial charge is 0.354 e. The fourth-order valence-corrected chi connectivity index (χ4v) is 2.86. The molecule has 1 saturated heterocycles. The average Bonchev–Trinajstić information content (AvgIpc) is 3.12. The van der Waals surface area contributed by atoms with E-state index in [2.05, 4.69) is 58.7 Å². The van der Waals surface area contributed by atoms with Gasteiger partial charge in [0.2, 0.25) is 5.89 Å². The lowest BCUT2D eigenvalue weighted by Gasteiger charge is -2.37. The highest BCUT2D eigenvalue weighted by Crippen LogP contribution is 2.25. The molecule has 3 heterocycles. The van der Waals surface area contributed by atoms with Gasteiger partial charge >= 0.3 is 0 Å². The average molecular weight is 340 g/mol. The van der Waals surface area contributed by atoms with Crippen LogP contribution in [0, 0.1) is 11.3 Å². The third kappa shape index (κ3) is 3.80. The normalized spacial score (nSPS) is 17.3. The van der Waals surface area contributed by atoms with E-state index >= 15 is 0 Å². The van der Waals surface area contributed by atoms with Crippen molar-refractivity contribution in [3.8, 4) is 6.07 Å². The van der Waals surface area contributed by atoms with Crippen LogP contribution in [-0.2, 0) is 5.41 Å². The molecule has 0 radical (unpaired) electrons. The number of rotatable bonds is 3. The van der Waals surface area contributed by atoms with E-state index in [1.165, 1.54) is 0 Å². The molecule has 0 saturated carbocycles. The number of anilines is 1. The first-order valence-corrected chi connectivity index (χ1v) is 8.58. The minimum absolute atomic E-state index is 0.0872. The van der Waals surface area contributed by atoms with Gasteiger partial charge in [0, 0.05) is 37.8 Å². The number of aromatic nitrogens is 3. The molecule has 0 bridgehead atoms. The molecule has 0 unspecified atom stereocenters. The number of hydrogen-bond acceptors (Lipinski definition) is 7. The third-order valence-corrected chi connectivity index (χ3v) is 4.53. The summed E-state index contributed by atoms with van der Waals surface area (Å²) in [5.74, 6) is 2.27. The first kappa shape index (κ1) is 17.4. The topological polar surface area (TPSA) is 82.1 Å². The molecule has 132 valence electrons. The molecule has 7 heteroatoms. The molecule has 1 atom stereocenters. The maximum atomic E-state index is 9.03. The van der Waals surface area contributed by atoms with Gasteiger partial charge in [-0.15, -0.1) is 0 Å². The minimum Gasteiger partial charge on any atom is -0.354 e. The van der Waals surface area contributed by atoms with Gasteiger partial charge in [0.15, 0.2) is 5.82 Å². The van der Waals surface area contributed by atoms with Crippen molar-refractivity contribution in [1.82, 2.24) is 20.0 Å². The first-order chi connectivity index (χ1) is 11.9. The summed E-state index contributed by atoms with van der Waals surface area (Å²) >= 11 is 0. The number of piperazine rings is 1. The van der Waals surface area contributed by atoms with Gasteiger partial charge in [-0.1, -0.05) is 25.9 Å². The molecular weight excluding hydrogens is 316 g/mol. The van der Waals surface area contributed by atoms with Gasteiger partial charge < -0.3 is 9.42 Å². The Labute approximate surface area is 148 Å². The van der Waals surface area contributed by atoms with Crippen molar-refractivity contribution in [2.75, 3.05) is 31.1 Å². The van der Waals surface area contributed by atoms with Crippen molar-refractivity contribution in [2.24, 2.45) is 0 Å². The summed E-state index contributed by atoms with van der Waals surface area (Å²) in [6, 6.07) is 5.82. The highest BCUT2D eigenvalue weighted by atomic mass is 16.5. The van der Waals surface area contributed by atoms with Crippen molar-refractivity contribution in [2.45, 2.75) is 39.2 Å². The van der Waals surface area contributed by atoms with Crippen LogP contribution in [0.5, 0.6) is 0 Å². The second-order valence-electron chi connectivity index (χ2n) is 7.42. The zero-order chi connectivity index (χ0) is 18.0. The lowest BCUT2D eigenvalue weighted by atomic mass is 9.96. The van der Waals surface area contributed by atoms with Gasteiger partial charge in [0.25, 0.3) is 0 Å². The van der Waals surface area contributed by atoms with Crippen LogP contribution in [0.15, 0.2) is 22.9 Å². The van der Waals surface area contributed by atoms with Crippen molar-refractivity contribution in [3.05, 3.63) is 35.6 Å². The van der Waals surface area contributed by atoms with Gasteiger partial charge in [0.05, 0.1) is 17.7 Å². The number of nitrogens with zero attached hydrogens (tertiary/aromatic N) is 6. The Balaban J connectivity index is 1.63. The lowest BCUT2D eigenvalue weighted by Crippen LogP contribution is -2.47. The molecule has 1 fully saturated rings. The predicted molar refractivity (Wildman–Crippen MR) is 94.2 cm³/mol. The highest BCUT2D eigenvalue weighted by Gasteiger charge is 2.28. The van der Waals surface area contributed by atoms with Crippen LogP contribution in [0.4, 0.5) is 5.82 Å². The maximum Gasteiger partial charge on any atom is 0.243 e. The Hall–Kier alpha value is -2.46. The van der Waals surface area contributed by atoms with E-state index < -0.39 is 0 Å². The predicted octanol–water partition coefficient (Wildman–Crippen LogP) is 2.52. The molecule has 2 aromatic heterocycles. The van der Waals surface area contributed by atoms with Gasteiger partial charge in [0.1, 0.15) is 5.82 Å². The van der Waals surface area contributed by atoms with E-state index in [1.54, 1.807) is 12.3 Å². The van der Waals surface area contributed by atoms with E-state index in [0.29, 0.717) is 11.5 Å². The lowest BCUT2D eigenvalue weighted by molar-refractivity contribution is 0.164. The Morgan fingerprint density at radius 1 is 1.24 bits per heavy atom. The molecule has 2 aromatic rings. The van der Waals surface area contributed by atoms with Crippen molar-refractivity contribution >= 4 is 5.82 Å². The Morgan fingerprint density at radius 3 is 2.56 bits per heavy atom. The monoisotopic (exact) mass is 340 g/mol. The van der Waals surface area contributed by atoms with Gasteiger partial charge in [-0.3, -0.25) is 4.90 Å². The molecule has 0 N–H and O–H groups in total. The second kappa shape index (κ2) is 6.81. The van der Waals surface area contributed by atoms with Crippen LogP contribution in [0.3, 0.4) is 0 Å². The van der Waals surface area contributed by atoms with Crippen LogP contribution in [0.2, 0.25) is 0 Å². The summed E-state index contributed by atoms with van der Waals surface area (Å²) in [7, 11) is 0. The zero-order valence-corrected chi connectivity index (χ0v) is 15.2. The van der Waals surface area contributed by atoms with Crippen molar-refractivity contribution < 1.29 is 4.52 Å². The van der Waals surface area contributed by atoms with E-state index in [0.717, 1.165) is 37.8 Å². The Kier molecular flexibility index (Phi) is 4.73. The summed E-state index contributed by atoms with van der Waals surface area (Å²) in [4.78, 5) is 13.5. The fourth-order valence-electron chi connectivity index (χ4n) is 2.86. The van der Waals surface area contributed by atoms with E-state index in [1.807, 2.05) is 6.07 Å². The smallest absolute Gasteiger partial charge is 0.243 e.